The monoisotopic (exact) mass is 197 g/mol. The predicted octanol–water partition coefficient (Wildman–Crippen LogP) is 0.806. The number of carboxylic acid groups (broad SMARTS) is 1. The van der Waals surface area contributed by atoms with E-state index in [-0.39, 0.29) is 12.3 Å². The van der Waals surface area contributed by atoms with Crippen LogP contribution in [-0.2, 0) is 16.0 Å². The van der Waals surface area contributed by atoms with Crippen LogP contribution in [0.5, 0.6) is 0 Å². The molecule has 5 nitrogen and oxygen atoms in total. The second-order valence-electron chi connectivity index (χ2n) is 3.35. The number of hydrogen-bond acceptors (Lipinski definition) is 4. The van der Waals surface area contributed by atoms with E-state index < -0.39 is 5.97 Å². The third kappa shape index (κ3) is 1.77. The van der Waals surface area contributed by atoms with Gasteiger partial charge in [-0.3, -0.25) is 4.79 Å². The summed E-state index contributed by atoms with van der Waals surface area (Å²) >= 11 is 0. The second-order valence-corrected chi connectivity index (χ2v) is 3.35. The number of carbonyl (C=O) groups is 1. The van der Waals surface area contributed by atoms with Crippen LogP contribution in [0.2, 0.25) is 0 Å². The van der Waals surface area contributed by atoms with Crippen molar-refractivity contribution < 1.29 is 19.2 Å². The molecule has 2 heterocycles. The van der Waals surface area contributed by atoms with Gasteiger partial charge in [0.25, 0.3) is 0 Å². The molecule has 0 saturated carbocycles. The molecule has 0 aromatic carbocycles. The summed E-state index contributed by atoms with van der Waals surface area (Å²) in [5.74, 6) is -0.0230. The van der Waals surface area contributed by atoms with Crippen molar-refractivity contribution in [1.82, 2.24) is 5.16 Å². The van der Waals surface area contributed by atoms with Crippen LogP contribution in [0.4, 0.5) is 0 Å². The molecule has 1 aliphatic heterocycles. The third-order valence-electron chi connectivity index (χ3n) is 2.32. The van der Waals surface area contributed by atoms with Gasteiger partial charge in [-0.15, -0.1) is 0 Å². The fraction of sp³-hybridized carbons (Fsp3) is 0.556. The van der Waals surface area contributed by atoms with Gasteiger partial charge in [-0.25, -0.2) is 0 Å². The second kappa shape index (κ2) is 3.79. The van der Waals surface area contributed by atoms with E-state index >= 15 is 0 Å². The smallest absolute Gasteiger partial charge is 0.308 e. The summed E-state index contributed by atoms with van der Waals surface area (Å²) in [5.41, 5.74) is 0.660. The van der Waals surface area contributed by atoms with Gasteiger partial charge in [0.2, 0.25) is 0 Å². The fourth-order valence-electron chi connectivity index (χ4n) is 1.64. The molecule has 0 spiro atoms. The number of carboxylic acids is 1. The normalized spacial score (nSPS) is 21.3. The molecular weight excluding hydrogens is 186 g/mol. The average Bonchev–Trinajstić information content (AvgIpc) is 2.70. The van der Waals surface area contributed by atoms with Gasteiger partial charge in [0, 0.05) is 18.1 Å². The lowest BCUT2D eigenvalue weighted by Crippen LogP contribution is -2.05. The van der Waals surface area contributed by atoms with Crippen molar-refractivity contribution in [2.45, 2.75) is 18.8 Å². The van der Waals surface area contributed by atoms with Crippen molar-refractivity contribution in [3.05, 3.63) is 17.5 Å². The van der Waals surface area contributed by atoms with Gasteiger partial charge >= 0.3 is 5.97 Å². The van der Waals surface area contributed by atoms with Crippen LogP contribution in [0.25, 0.3) is 0 Å². The zero-order valence-electron chi connectivity index (χ0n) is 7.60. The number of ether oxygens (including phenoxy) is 1. The Morgan fingerprint density at radius 3 is 3.21 bits per heavy atom. The molecule has 1 unspecified atom stereocenters. The first kappa shape index (κ1) is 9.21. The molecule has 1 aromatic heterocycles. The standard InChI is InChI=1S/C9H11NO4/c11-8(12)3-7-4-10-14-9(7)6-1-2-13-5-6/h4,6H,1-3,5H2,(H,11,12). The van der Waals surface area contributed by atoms with Crippen LogP contribution in [-0.4, -0.2) is 29.4 Å². The Bertz CT molecular complexity index is 327. The number of nitrogens with zero attached hydrogens (tertiary/aromatic N) is 1. The summed E-state index contributed by atoms with van der Waals surface area (Å²) < 4.78 is 10.3. The number of hydrogen-bond donors (Lipinski definition) is 1. The largest absolute Gasteiger partial charge is 0.481 e. The fourth-order valence-corrected chi connectivity index (χ4v) is 1.64. The van der Waals surface area contributed by atoms with E-state index in [1.807, 2.05) is 0 Å². The molecule has 1 saturated heterocycles. The topological polar surface area (TPSA) is 72.6 Å². The Balaban J connectivity index is 2.15. The first-order valence-corrected chi connectivity index (χ1v) is 4.50. The highest BCUT2D eigenvalue weighted by Gasteiger charge is 2.25. The summed E-state index contributed by atoms with van der Waals surface area (Å²) in [4.78, 5) is 10.5. The van der Waals surface area contributed by atoms with Crippen molar-refractivity contribution in [3.8, 4) is 0 Å². The van der Waals surface area contributed by atoms with Gasteiger partial charge in [-0.05, 0) is 6.42 Å². The number of aromatic nitrogens is 1. The summed E-state index contributed by atoms with van der Waals surface area (Å²) in [6.45, 7) is 1.31. The van der Waals surface area contributed by atoms with Crippen molar-refractivity contribution in [3.63, 3.8) is 0 Å². The highest BCUT2D eigenvalue weighted by Crippen LogP contribution is 2.27. The molecule has 1 fully saturated rings. The molecule has 0 aliphatic carbocycles. The quantitative estimate of drug-likeness (QED) is 0.776. The van der Waals surface area contributed by atoms with E-state index in [1.54, 1.807) is 0 Å². The Kier molecular flexibility index (Phi) is 2.49. The van der Waals surface area contributed by atoms with Crippen molar-refractivity contribution in [2.75, 3.05) is 13.2 Å². The summed E-state index contributed by atoms with van der Waals surface area (Å²) in [6.07, 6.45) is 2.32. The van der Waals surface area contributed by atoms with Crippen LogP contribution < -0.4 is 0 Å². The van der Waals surface area contributed by atoms with E-state index in [4.69, 9.17) is 14.4 Å². The van der Waals surface area contributed by atoms with E-state index in [1.165, 1.54) is 6.20 Å². The Hall–Kier alpha value is -1.36. The lowest BCUT2D eigenvalue weighted by Gasteiger charge is -2.03. The van der Waals surface area contributed by atoms with Crippen molar-refractivity contribution in [2.24, 2.45) is 0 Å². The predicted molar refractivity (Wildman–Crippen MR) is 46.0 cm³/mol. The molecule has 2 rings (SSSR count). The van der Waals surface area contributed by atoms with Crippen LogP contribution >= 0.6 is 0 Å². The van der Waals surface area contributed by atoms with Gasteiger partial charge in [-0.2, -0.15) is 0 Å². The maximum absolute atomic E-state index is 10.5. The van der Waals surface area contributed by atoms with Crippen LogP contribution in [0.3, 0.4) is 0 Å². The van der Waals surface area contributed by atoms with Crippen LogP contribution in [0.1, 0.15) is 23.7 Å². The first-order valence-electron chi connectivity index (χ1n) is 4.50. The minimum Gasteiger partial charge on any atom is -0.481 e. The lowest BCUT2D eigenvalue weighted by atomic mass is 10.0. The number of rotatable bonds is 3. The van der Waals surface area contributed by atoms with Gasteiger partial charge in [0.1, 0.15) is 5.76 Å². The zero-order chi connectivity index (χ0) is 9.97. The first-order chi connectivity index (χ1) is 6.77. The molecular formula is C9H11NO4. The summed E-state index contributed by atoms with van der Waals surface area (Å²) in [7, 11) is 0. The third-order valence-corrected chi connectivity index (χ3v) is 2.32. The molecule has 1 aromatic rings. The highest BCUT2D eigenvalue weighted by molar-refractivity contribution is 5.70. The summed E-state index contributed by atoms with van der Waals surface area (Å²) in [6, 6.07) is 0. The van der Waals surface area contributed by atoms with E-state index in [9.17, 15) is 4.79 Å². The molecule has 14 heavy (non-hydrogen) atoms. The Labute approximate surface area is 80.6 Å². The molecule has 1 aliphatic rings. The molecule has 1 N–H and O–H groups in total. The maximum Gasteiger partial charge on any atom is 0.308 e. The number of aliphatic carboxylic acids is 1. The maximum atomic E-state index is 10.5. The van der Waals surface area contributed by atoms with E-state index in [0.29, 0.717) is 24.5 Å². The SMILES string of the molecule is O=C(O)Cc1cnoc1C1CCOC1. The molecule has 0 amide bonds. The van der Waals surface area contributed by atoms with Crippen molar-refractivity contribution >= 4 is 5.97 Å². The minimum atomic E-state index is -0.867. The Morgan fingerprint density at radius 2 is 2.57 bits per heavy atom. The van der Waals surface area contributed by atoms with Gasteiger partial charge in [0.05, 0.1) is 19.2 Å². The molecule has 76 valence electrons. The molecule has 5 heteroatoms. The molecule has 0 bridgehead atoms. The van der Waals surface area contributed by atoms with Crippen molar-refractivity contribution in [1.29, 1.82) is 0 Å². The average molecular weight is 197 g/mol. The highest BCUT2D eigenvalue weighted by atomic mass is 16.5. The van der Waals surface area contributed by atoms with Gasteiger partial charge < -0.3 is 14.4 Å². The lowest BCUT2D eigenvalue weighted by molar-refractivity contribution is -0.136. The molecule has 1 atom stereocenters. The van der Waals surface area contributed by atoms with E-state index in [0.717, 1.165) is 6.42 Å². The van der Waals surface area contributed by atoms with Crippen LogP contribution in [0.15, 0.2) is 10.7 Å². The van der Waals surface area contributed by atoms with Gasteiger partial charge in [0.15, 0.2) is 0 Å². The zero-order valence-corrected chi connectivity index (χ0v) is 7.60. The van der Waals surface area contributed by atoms with Crippen LogP contribution in [0, 0.1) is 0 Å². The Morgan fingerprint density at radius 1 is 1.71 bits per heavy atom. The minimum absolute atomic E-state index is 0.0324. The van der Waals surface area contributed by atoms with Gasteiger partial charge in [-0.1, -0.05) is 5.16 Å². The van der Waals surface area contributed by atoms with E-state index in [2.05, 4.69) is 5.16 Å². The molecule has 0 radical (unpaired) electrons. The summed E-state index contributed by atoms with van der Waals surface area (Å²) in [5, 5.41) is 12.3.